The van der Waals surface area contributed by atoms with Gasteiger partial charge in [0.05, 0.1) is 17.1 Å². The molecule has 24 heavy (non-hydrogen) atoms. The number of nitro groups is 1. The largest absolute Gasteiger partial charge is 0.385 e. The summed E-state index contributed by atoms with van der Waals surface area (Å²) in [5.41, 5.74) is 5.55. The quantitative estimate of drug-likeness (QED) is 0.424. The van der Waals surface area contributed by atoms with Crippen LogP contribution in [0.25, 0.3) is 0 Å². The summed E-state index contributed by atoms with van der Waals surface area (Å²) in [7, 11) is 1.62. The number of morpholine rings is 1. The topological polar surface area (TPSA) is 129 Å². The van der Waals surface area contributed by atoms with Crippen molar-refractivity contribution in [2.24, 2.45) is 0 Å². The van der Waals surface area contributed by atoms with Crippen molar-refractivity contribution in [2.45, 2.75) is 32.5 Å². The summed E-state index contributed by atoms with van der Waals surface area (Å²) < 4.78 is 10.7. The average molecular weight is 340 g/mol. The Balaban J connectivity index is 2.28. The second kappa shape index (κ2) is 8.06. The first-order valence-corrected chi connectivity index (χ1v) is 7.87. The third kappa shape index (κ3) is 4.42. The summed E-state index contributed by atoms with van der Waals surface area (Å²) in [6.07, 6.45) is 0.655. The normalized spacial score (nSPS) is 20.9. The molecule has 1 saturated heterocycles. The molecule has 2 atom stereocenters. The van der Waals surface area contributed by atoms with Crippen LogP contribution in [-0.2, 0) is 9.47 Å². The molecule has 0 spiro atoms. The Morgan fingerprint density at radius 1 is 1.42 bits per heavy atom. The molecule has 2 rings (SSSR count). The highest BCUT2D eigenvalue weighted by atomic mass is 16.6. The Hall–Kier alpha value is -2.20. The lowest BCUT2D eigenvalue weighted by Gasteiger charge is -2.35. The van der Waals surface area contributed by atoms with E-state index in [1.165, 1.54) is 0 Å². The summed E-state index contributed by atoms with van der Waals surface area (Å²) >= 11 is 0. The van der Waals surface area contributed by atoms with Gasteiger partial charge in [-0.05, 0) is 20.3 Å². The molecule has 1 aliphatic heterocycles. The van der Waals surface area contributed by atoms with Gasteiger partial charge in [-0.1, -0.05) is 0 Å². The highest BCUT2D eigenvalue weighted by molar-refractivity contribution is 5.71. The van der Waals surface area contributed by atoms with Gasteiger partial charge in [0.1, 0.15) is 0 Å². The maximum Gasteiger partial charge on any atom is 0.353 e. The molecule has 10 nitrogen and oxygen atoms in total. The minimum Gasteiger partial charge on any atom is -0.385 e. The van der Waals surface area contributed by atoms with Crippen LogP contribution in [0.2, 0.25) is 0 Å². The third-order valence-electron chi connectivity index (χ3n) is 3.60. The molecule has 1 aromatic rings. The van der Waals surface area contributed by atoms with Crippen molar-refractivity contribution in [3.05, 3.63) is 10.1 Å². The Morgan fingerprint density at radius 3 is 2.67 bits per heavy atom. The molecule has 0 unspecified atom stereocenters. The highest BCUT2D eigenvalue weighted by Gasteiger charge is 2.31. The first kappa shape index (κ1) is 18.1. The fourth-order valence-corrected chi connectivity index (χ4v) is 2.70. The first-order valence-electron chi connectivity index (χ1n) is 7.87. The number of methoxy groups -OCH3 is 1. The van der Waals surface area contributed by atoms with Crippen LogP contribution in [0.1, 0.15) is 20.3 Å². The number of nitrogen functional groups attached to an aromatic ring is 1. The molecule has 3 N–H and O–H groups in total. The van der Waals surface area contributed by atoms with Crippen LogP contribution in [0.5, 0.6) is 0 Å². The van der Waals surface area contributed by atoms with Crippen molar-refractivity contribution in [1.29, 1.82) is 0 Å². The van der Waals surface area contributed by atoms with Crippen LogP contribution in [0.15, 0.2) is 0 Å². The van der Waals surface area contributed by atoms with Crippen molar-refractivity contribution in [1.82, 2.24) is 9.97 Å². The van der Waals surface area contributed by atoms with Gasteiger partial charge in [0.2, 0.25) is 17.6 Å². The Labute approximate surface area is 140 Å². The monoisotopic (exact) mass is 340 g/mol. The zero-order valence-electron chi connectivity index (χ0n) is 14.2. The zero-order valence-corrected chi connectivity index (χ0v) is 14.2. The van der Waals surface area contributed by atoms with E-state index in [2.05, 4.69) is 15.3 Å². The van der Waals surface area contributed by atoms with E-state index in [9.17, 15) is 10.1 Å². The first-order chi connectivity index (χ1) is 11.4. The summed E-state index contributed by atoms with van der Waals surface area (Å²) in [5, 5.41) is 14.4. The number of nitrogens with two attached hydrogens (primary N) is 1. The third-order valence-corrected chi connectivity index (χ3v) is 3.60. The van der Waals surface area contributed by atoms with Crippen LogP contribution in [-0.4, -0.2) is 60.5 Å². The van der Waals surface area contributed by atoms with Gasteiger partial charge < -0.3 is 25.4 Å². The van der Waals surface area contributed by atoms with E-state index >= 15 is 0 Å². The molecule has 0 radical (unpaired) electrons. The molecule has 1 aromatic heterocycles. The van der Waals surface area contributed by atoms with Crippen molar-refractivity contribution < 1.29 is 14.4 Å². The molecule has 0 aromatic carbocycles. The molecule has 0 bridgehead atoms. The van der Waals surface area contributed by atoms with E-state index in [0.29, 0.717) is 26.2 Å². The minimum atomic E-state index is -0.538. The number of anilines is 3. The van der Waals surface area contributed by atoms with Gasteiger partial charge >= 0.3 is 5.69 Å². The zero-order chi connectivity index (χ0) is 17.7. The maximum absolute atomic E-state index is 11.4. The molecule has 134 valence electrons. The highest BCUT2D eigenvalue weighted by Crippen LogP contribution is 2.33. The molecule has 0 saturated carbocycles. The number of aromatic nitrogens is 2. The molecule has 1 fully saturated rings. The van der Waals surface area contributed by atoms with Gasteiger partial charge in [0, 0.05) is 33.4 Å². The summed E-state index contributed by atoms with van der Waals surface area (Å²) in [4.78, 5) is 21.0. The number of hydrogen-bond acceptors (Lipinski definition) is 9. The van der Waals surface area contributed by atoms with Gasteiger partial charge in [-0.15, -0.1) is 0 Å². The number of rotatable bonds is 7. The van der Waals surface area contributed by atoms with Gasteiger partial charge in [-0.3, -0.25) is 10.1 Å². The van der Waals surface area contributed by atoms with Gasteiger partial charge in [-0.2, -0.15) is 9.97 Å². The van der Waals surface area contributed by atoms with E-state index in [-0.39, 0.29) is 35.5 Å². The molecule has 0 amide bonds. The van der Waals surface area contributed by atoms with E-state index in [0.717, 1.165) is 6.42 Å². The molecular weight excluding hydrogens is 316 g/mol. The molecule has 1 aliphatic rings. The number of hydrogen-bond donors (Lipinski definition) is 2. The Morgan fingerprint density at radius 2 is 2.08 bits per heavy atom. The number of ether oxygens (including phenoxy) is 2. The molecular formula is C14H24N6O4. The van der Waals surface area contributed by atoms with Crippen molar-refractivity contribution in [2.75, 3.05) is 49.3 Å². The summed E-state index contributed by atoms with van der Waals surface area (Å²) in [5.74, 6) is 0.353. The second-order valence-corrected chi connectivity index (χ2v) is 5.80. The molecule has 2 heterocycles. The van der Waals surface area contributed by atoms with Crippen LogP contribution >= 0.6 is 0 Å². The van der Waals surface area contributed by atoms with Crippen LogP contribution in [0.4, 0.5) is 23.3 Å². The van der Waals surface area contributed by atoms with Crippen molar-refractivity contribution in [3.63, 3.8) is 0 Å². The fourth-order valence-electron chi connectivity index (χ4n) is 2.70. The average Bonchev–Trinajstić information content (AvgIpc) is 2.49. The van der Waals surface area contributed by atoms with E-state index in [4.69, 9.17) is 15.2 Å². The van der Waals surface area contributed by atoms with E-state index in [1.807, 2.05) is 18.7 Å². The van der Waals surface area contributed by atoms with Crippen LogP contribution in [0.3, 0.4) is 0 Å². The number of nitrogens with zero attached hydrogens (tertiary/aromatic N) is 4. The van der Waals surface area contributed by atoms with Crippen molar-refractivity contribution >= 4 is 23.3 Å². The smallest absolute Gasteiger partial charge is 0.353 e. The lowest BCUT2D eigenvalue weighted by Crippen LogP contribution is -2.46. The van der Waals surface area contributed by atoms with Gasteiger partial charge in [0.25, 0.3) is 0 Å². The van der Waals surface area contributed by atoms with Crippen molar-refractivity contribution in [3.8, 4) is 0 Å². The van der Waals surface area contributed by atoms with Gasteiger partial charge in [0.15, 0.2) is 0 Å². The van der Waals surface area contributed by atoms with Crippen LogP contribution < -0.4 is 16.0 Å². The number of nitrogens with one attached hydrogen (secondary N) is 1. The molecule has 10 heteroatoms. The fraction of sp³-hybridized carbons (Fsp3) is 0.714. The van der Waals surface area contributed by atoms with E-state index < -0.39 is 4.92 Å². The van der Waals surface area contributed by atoms with Crippen LogP contribution in [0, 0.1) is 10.1 Å². The summed E-state index contributed by atoms with van der Waals surface area (Å²) in [6.45, 7) is 6.03. The summed E-state index contributed by atoms with van der Waals surface area (Å²) in [6, 6.07) is 0. The SMILES string of the molecule is COCCCNc1nc(N)c([N+](=O)[O-])c(N2C[C@@H](C)O[C@H](C)C2)n1. The van der Waals surface area contributed by atoms with Gasteiger partial charge in [-0.25, -0.2) is 0 Å². The predicted molar refractivity (Wildman–Crippen MR) is 90.3 cm³/mol. The standard InChI is InChI=1S/C14H24N6O4/c1-9-7-19(8-10(2)24-9)13-11(20(21)22)12(15)17-14(18-13)16-5-4-6-23-3/h9-10H,4-8H2,1-3H3,(H3,15,16,17,18)/t9-,10-/m1/s1. The minimum absolute atomic E-state index is 0.0531. The Bertz CT molecular complexity index is 575. The second-order valence-electron chi connectivity index (χ2n) is 5.80. The maximum atomic E-state index is 11.4. The lowest BCUT2D eigenvalue weighted by atomic mass is 10.2. The van der Waals surface area contributed by atoms with E-state index in [1.54, 1.807) is 7.11 Å². The molecule has 0 aliphatic carbocycles. The lowest BCUT2D eigenvalue weighted by molar-refractivity contribution is -0.383. The Kier molecular flexibility index (Phi) is 6.10. The predicted octanol–water partition coefficient (Wildman–Crippen LogP) is 1.03.